The Morgan fingerprint density at radius 2 is 1.72 bits per heavy atom. The monoisotopic (exact) mass is 511 g/mol. The number of alkyl halides is 3. The van der Waals surface area contributed by atoms with Gasteiger partial charge in [-0.2, -0.15) is 13.2 Å². The van der Waals surface area contributed by atoms with Gasteiger partial charge in [-0.25, -0.2) is 4.79 Å². The highest BCUT2D eigenvalue weighted by Gasteiger charge is 2.30. The first kappa shape index (κ1) is 25.3. The Balaban J connectivity index is 1.54. The predicted octanol–water partition coefficient (Wildman–Crippen LogP) is 6.77. The van der Waals surface area contributed by atoms with Crippen molar-refractivity contribution in [2.45, 2.75) is 37.0 Å². The van der Waals surface area contributed by atoms with Gasteiger partial charge in [0.1, 0.15) is 0 Å². The third kappa shape index (κ3) is 6.25. The molecule has 3 aromatic carbocycles. The van der Waals surface area contributed by atoms with Crippen molar-refractivity contribution in [3.05, 3.63) is 101 Å². The number of nitrogens with zero attached hydrogens (tertiary/aromatic N) is 3. The summed E-state index contributed by atoms with van der Waals surface area (Å²) < 4.78 is 40.9. The van der Waals surface area contributed by atoms with Crippen molar-refractivity contribution in [2.24, 2.45) is 0 Å². The minimum Gasteiger partial charge on any atom is -0.328 e. The number of anilines is 1. The van der Waals surface area contributed by atoms with Crippen molar-refractivity contribution in [3.8, 4) is 5.69 Å². The molecule has 1 atom stereocenters. The van der Waals surface area contributed by atoms with Gasteiger partial charge < -0.3 is 10.6 Å². The average Bonchev–Trinajstić information content (AvgIpc) is 3.27. The van der Waals surface area contributed by atoms with E-state index in [0.29, 0.717) is 16.7 Å². The van der Waals surface area contributed by atoms with Crippen molar-refractivity contribution in [3.63, 3.8) is 0 Å². The van der Waals surface area contributed by atoms with E-state index in [1.54, 1.807) is 6.92 Å². The second-order valence-electron chi connectivity index (χ2n) is 8.18. The molecule has 2 N–H and O–H groups in total. The number of urea groups is 1. The third-order valence-electron chi connectivity index (χ3n) is 5.34. The maximum absolute atomic E-state index is 13.0. The lowest BCUT2D eigenvalue weighted by Crippen LogP contribution is -2.32. The molecule has 186 valence electrons. The molecule has 0 bridgehead atoms. The van der Waals surface area contributed by atoms with Crippen LogP contribution in [-0.2, 0) is 11.9 Å². The topological polar surface area (TPSA) is 71.8 Å². The molecule has 0 saturated heterocycles. The number of nitrogens with one attached hydrogen (secondary N) is 2. The second-order valence-corrected chi connectivity index (χ2v) is 9.13. The summed E-state index contributed by atoms with van der Waals surface area (Å²) in [6.45, 7) is 3.73. The van der Waals surface area contributed by atoms with E-state index in [1.165, 1.54) is 23.9 Å². The molecule has 4 rings (SSSR count). The minimum absolute atomic E-state index is 0.0358. The number of benzene rings is 3. The number of aromatic nitrogens is 3. The van der Waals surface area contributed by atoms with Crippen LogP contribution in [0.1, 0.15) is 35.5 Å². The van der Waals surface area contributed by atoms with E-state index >= 15 is 0 Å². The number of hydrogen-bond acceptors (Lipinski definition) is 4. The van der Waals surface area contributed by atoms with Gasteiger partial charge in [0.05, 0.1) is 11.6 Å². The van der Waals surface area contributed by atoms with Crippen molar-refractivity contribution < 1.29 is 18.0 Å². The Morgan fingerprint density at radius 3 is 2.42 bits per heavy atom. The molecule has 1 heterocycles. The summed E-state index contributed by atoms with van der Waals surface area (Å²) in [4.78, 5) is 12.6. The molecule has 2 amide bonds. The van der Waals surface area contributed by atoms with Gasteiger partial charge in [0.25, 0.3) is 0 Å². The predicted molar refractivity (Wildman–Crippen MR) is 134 cm³/mol. The molecule has 0 radical (unpaired) electrons. The van der Waals surface area contributed by atoms with Crippen LogP contribution in [0.4, 0.5) is 23.7 Å². The highest BCUT2D eigenvalue weighted by atomic mass is 32.2. The largest absolute Gasteiger partial charge is 0.416 e. The van der Waals surface area contributed by atoms with Crippen LogP contribution in [0.2, 0.25) is 0 Å². The van der Waals surface area contributed by atoms with Crippen molar-refractivity contribution in [1.82, 2.24) is 20.1 Å². The van der Waals surface area contributed by atoms with E-state index in [-0.39, 0.29) is 5.69 Å². The van der Waals surface area contributed by atoms with Crippen LogP contribution in [0.5, 0.6) is 0 Å². The summed E-state index contributed by atoms with van der Waals surface area (Å²) in [6.07, 6.45) is -4.50. The summed E-state index contributed by atoms with van der Waals surface area (Å²) in [7, 11) is 0. The zero-order valence-electron chi connectivity index (χ0n) is 19.6. The molecule has 1 aromatic heterocycles. The number of hydrogen-bond donors (Lipinski definition) is 2. The summed E-state index contributed by atoms with van der Waals surface area (Å²) in [5.74, 6) is 1.18. The SMILES string of the molecule is Cc1ccc(-n2c(SCc3ccccc3)nnc2C(C)NC(=O)Nc2cccc(C(F)(F)F)c2)cc1. The average molecular weight is 512 g/mol. The molecular formula is C26H24F3N5OS. The molecule has 0 spiro atoms. The van der Waals surface area contributed by atoms with Crippen LogP contribution in [0.25, 0.3) is 5.69 Å². The number of carbonyl (C=O) groups excluding carboxylic acids is 1. The molecule has 6 nitrogen and oxygen atoms in total. The molecule has 0 saturated carbocycles. The smallest absolute Gasteiger partial charge is 0.328 e. The van der Waals surface area contributed by atoms with Crippen molar-refractivity contribution in [2.75, 3.05) is 5.32 Å². The Labute approximate surface area is 211 Å². The van der Waals surface area contributed by atoms with E-state index in [9.17, 15) is 18.0 Å². The van der Waals surface area contributed by atoms with E-state index in [2.05, 4.69) is 20.8 Å². The summed E-state index contributed by atoms with van der Waals surface area (Å²) in [6, 6.07) is 21.0. The zero-order valence-corrected chi connectivity index (χ0v) is 20.4. The molecule has 4 aromatic rings. The Kier molecular flexibility index (Phi) is 7.64. The molecule has 36 heavy (non-hydrogen) atoms. The Bertz CT molecular complexity index is 1320. The number of halogens is 3. The Morgan fingerprint density at radius 1 is 1.00 bits per heavy atom. The van der Waals surface area contributed by atoms with Crippen LogP contribution in [0.15, 0.2) is 84.0 Å². The lowest BCUT2D eigenvalue weighted by Gasteiger charge is -2.17. The van der Waals surface area contributed by atoms with Crippen LogP contribution in [0, 0.1) is 6.92 Å². The fourth-order valence-electron chi connectivity index (χ4n) is 3.52. The van der Waals surface area contributed by atoms with E-state index in [4.69, 9.17) is 0 Å². The van der Waals surface area contributed by atoms with Crippen LogP contribution in [-0.4, -0.2) is 20.8 Å². The first-order valence-electron chi connectivity index (χ1n) is 11.1. The number of rotatable bonds is 7. The van der Waals surface area contributed by atoms with Gasteiger partial charge in [-0.1, -0.05) is 65.9 Å². The van der Waals surface area contributed by atoms with E-state index < -0.39 is 23.8 Å². The lowest BCUT2D eigenvalue weighted by molar-refractivity contribution is -0.137. The minimum atomic E-state index is -4.50. The molecule has 1 unspecified atom stereocenters. The number of aryl methyl sites for hydroxylation is 1. The fraction of sp³-hybridized carbons (Fsp3) is 0.192. The third-order valence-corrected chi connectivity index (χ3v) is 6.34. The van der Waals surface area contributed by atoms with E-state index in [0.717, 1.165) is 28.9 Å². The first-order valence-corrected chi connectivity index (χ1v) is 12.1. The molecule has 0 aliphatic rings. The summed E-state index contributed by atoms with van der Waals surface area (Å²) in [5.41, 5.74) is 2.26. The standard InChI is InChI=1S/C26H24F3N5OS/c1-17-11-13-22(14-12-17)34-23(32-33-25(34)36-16-19-7-4-3-5-8-19)18(2)30-24(35)31-21-10-6-9-20(15-21)26(27,28)29/h3-15,18H,16H2,1-2H3,(H2,30,31,35). The molecular weight excluding hydrogens is 487 g/mol. The first-order chi connectivity index (χ1) is 17.2. The maximum atomic E-state index is 13.0. The zero-order chi connectivity index (χ0) is 25.7. The Hall–Kier alpha value is -3.79. The van der Waals surface area contributed by atoms with Gasteiger partial charge in [-0.15, -0.1) is 10.2 Å². The molecule has 0 aliphatic carbocycles. The number of carbonyl (C=O) groups is 1. The van der Waals surface area contributed by atoms with Gasteiger partial charge in [-0.3, -0.25) is 4.57 Å². The molecule has 10 heteroatoms. The quantitative estimate of drug-likeness (QED) is 0.269. The highest BCUT2D eigenvalue weighted by Crippen LogP contribution is 2.31. The van der Waals surface area contributed by atoms with Crippen molar-refractivity contribution >= 4 is 23.5 Å². The lowest BCUT2D eigenvalue weighted by atomic mass is 10.2. The molecule has 0 aliphatic heterocycles. The van der Waals surface area contributed by atoms with Gasteiger partial charge in [-0.05, 0) is 49.7 Å². The van der Waals surface area contributed by atoms with Crippen molar-refractivity contribution in [1.29, 1.82) is 0 Å². The summed E-state index contributed by atoms with van der Waals surface area (Å²) in [5, 5.41) is 14.6. The van der Waals surface area contributed by atoms with Gasteiger partial charge in [0.2, 0.25) is 0 Å². The normalized spacial score (nSPS) is 12.2. The molecule has 0 fully saturated rings. The van der Waals surface area contributed by atoms with Crippen LogP contribution in [0.3, 0.4) is 0 Å². The van der Waals surface area contributed by atoms with Crippen LogP contribution >= 0.6 is 11.8 Å². The number of amides is 2. The number of thioether (sulfide) groups is 1. The fourth-order valence-corrected chi connectivity index (χ4v) is 4.43. The second kappa shape index (κ2) is 10.9. The van der Waals surface area contributed by atoms with E-state index in [1.807, 2.05) is 66.1 Å². The van der Waals surface area contributed by atoms with Gasteiger partial charge in [0, 0.05) is 17.1 Å². The van der Waals surface area contributed by atoms with Crippen LogP contribution < -0.4 is 10.6 Å². The summed E-state index contributed by atoms with van der Waals surface area (Å²) >= 11 is 1.52. The maximum Gasteiger partial charge on any atom is 0.416 e. The highest BCUT2D eigenvalue weighted by molar-refractivity contribution is 7.98. The van der Waals surface area contributed by atoms with Gasteiger partial charge in [0.15, 0.2) is 11.0 Å². The van der Waals surface area contributed by atoms with Gasteiger partial charge >= 0.3 is 12.2 Å².